The normalized spacial score (nSPS) is 10.9. The highest BCUT2D eigenvalue weighted by Crippen LogP contribution is 2.23. The topological polar surface area (TPSA) is 34.9 Å². The molecule has 0 amide bonds. The number of rotatable bonds is 5. The summed E-state index contributed by atoms with van der Waals surface area (Å²) in [6.45, 7) is 6.27. The lowest BCUT2D eigenvalue weighted by molar-refractivity contribution is 0.112. The smallest absolute Gasteiger partial charge is 0.153 e. The van der Waals surface area contributed by atoms with Crippen LogP contribution in [0.15, 0.2) is 30.5 Å². The lowest BCUT2D eigenvalue weighted by atomic mass is 10.0. The number of aryl methyl sites for hydroxylation is 1. The van der Waals surface area contributed by atoms with Gasteiger partial charge in [-0.2, -0.15) is 5.10 Å². The molecule has 0 fully saturated rings. The highest BCUT2D eigenvalue weighted by Gasteiger charge is 2.11. The molecule has 1 aromatic carbocycles. The van der Waals surface area contributed by atoms with Crippen LogP contribution in [0, 0.1) is 0 Å². The molecule has 1 heterocycles. The molecular formula is C16H20N2O. The number of carbonyl (C=O) groups excluding carboxylic acids is 1. The summed E-state index contributed by atoms with van der Waals surface area (Å²) in [5.41, 5.74) is 3.74. The molecule has 3 heteroatoms. The first kappa shape index (κ1) is 13.5. The van der Waals surface area contributed by atoms with Crippen LogP contribution in [0.2, 0.25) is 0 Å². The van der Waals surface area contributed by atoms with Crippen LogP contribution >= 0.6 is 0 Å². The van der Waals surface area contributed by atoms with Crippen LogP contribution in [0.1, 0.15) is 49.2 Å². The van der Waals surface area contributed by atoms with E-state index >= 15 is 0 Å². The SMILES string of the molecule is CCCc1ccc(-c2nn(C(C)C)cc2C=O)cc1. The van der Waals surface area contributed by atoms with E-state index in [0.717, 1.165) is 30.4 Å². The van der Waals surface area contributed by atoms with Crippen molar-refractivity contribution >= 4 is 6.29 Å². The van der Waals surface area contributed by atoms with E-state index in [2.05, 4.69) is 38.0 Å². The van der Waals surface area contributed by atoms with Gasteiger partial charge in [0.25, 0.3) is 0 Å². The number of aromatic nitrogens is 2. The van der Waals surface area contributed by atoms with Gasteiger partial charge in [0.1, 0.15) is 5.69 Å². The first-order valence-electron chi connectivity index (χ1n) is 6.79. The van der Waals surface area contributed by atoms with Gasteiger partial charge in [-0.15, -0.1) is 0 Å². The summed E-state index contributed by atoms with van der Waals surface area (Å²) in [6, 6.07) is 8.58. The van der Waals surface area contributed by atoms with Crippen LogP contribution in [-0.2, 0) is 6.42 Å². The average Bonchev–Trinajstić information content (AvgIpc) is 2.84. The van der Waals surface area contributed by atoms with E-state index < -0.39 is 0 Å². The summed E-state index contributed by atoms with van der Waals surface area (Å²) in [6.07, 6.45) is 4.91. The van der Waals surface area contributed by atoms with Crippen molar-refractivity contribution in [3.8, 4) is 11.3 Å². The first-order chi connectivity index (χ1) is 9.15. The summed E-state index contributed by atoms with van der Waals surface area (Å²) < 4.78 is 1.83. The fourth-order valence-electron chi connectivity index (χ4n) is 2.10. The van der Waals surface area contributed by atoms with Crippen LogP contribution in [0.25, 0.3) is 11.3 Å². The summed E-state index contributed by atoms with van der Waals surface area (Å²) in [5.74, 6) is 0. The molecule has 2 aromatic rings. The Morgan fingerprint density at radius 3 is 2.47 bits per heavy atom. The predicted molar refractivity (Wildman–Crippen MR) is 77.4 cm³/mol. The van der Waals surface area contributed by atoms with Crippen molar-refractivity contribution in [1.82, 2.24) is 9.78 Å². The third-order valence-electron chi connectivity index (χ3n) is 3.18. The van der Waals surface area contributed by atoms with E-state index in [-0.39, 0.29) is 6.04 Å². The fourth-order valence-corrected chi connectivity index (χ4v) is 2.10. The Hall–Kier alpha value is -1.90. The quantitative estimate of drug-likeness (QED) is 0.760. The zero-order chi connectivity index (χ0) is 13.8. The molecule has 0 bridgehead atoms. The number of hydrogen-bond donors (Lipinski definition) is 0. The van der Waals surface area contributed by atoms with E-state index in [1.165, 1.54) is 5.56 Å². The van der Waals surface area contributed by atoms with Crippen molar-refractivity contribution in [2.45, 2.75) is 39.7 Å². The second kappa shape index (κ2) is 5.83. The summed E-state index contributed by atoms with van der Waals surface area (Å²) in [7, 11) is 0. The van der Waals surface area contributed by atoms with Gasteiger partial charge >= 0.3 is 0 Å². The van der Waals surface area contributed by atoms with Gasteiger partial charge < -0.3 is 0 Å². The molecule has 0 atom stereocenters. The number of nitrogens with zero attached hydrogens (tertiary/aromatic N) is 2. The maximum Gasteiger partial charge on any atom is 0.153 e. The predicted octanol–water partition coefficient (Wildman–Crippen LogP) is 3.90. The van der Waals surface area contributed by atoms with Gasteiger partial charge in [-0.1, -0.05) is 37.6 Å². The third kappa shape index (κ3) is 2.92. The second-order valence-electron chi connectivity index (χ2n) is 5.07. The Labute approximate surface area is 114 Å². The molecule has 0 saturated heterocycles. The van der Waals surface area contributed by atoms with Crippen LogP contribution in [-0.4, -0.2) is 16.1 Å². The van der Waals surface area contributed by atoms with Crippen LogP contribution in [0.4, 0.5) is 0 Å². The first-order valence-corrected chi connectivity index (χ1v) is 6.79. The molecule has 0 saturated carbocycles. The Kier molecular flexibility index (Phi) is 4.15. The van der Waals surface area contributed by atoms with Gasteiger partial charge in [0.15, 0.2) is 6.29 Å². The maximum atomic E-state index is 11.2. The standard InChI is InChI=1S/C16H20N2O/c1-4-5-13-6-8-14(9-7-13)16-15(11-19)10-18(17-16)12(2)3/h6-12H,4-5H2,1-3H3. The Balaban J connectivity index is 2.37. The van der Waals surface area contributed by atoms with Crippen molar-refractivity contribution in [3.05, 3.63) is 41.6 Å². The molecule has 1 aromatic heterocycles. The largest absolute Gasteiger partial charge is 0.298 e. The monoisotopic (exact) mass is 256 g/mol. The Morgan fingerprint density at radius 2 is 1.95 bits per heavy atom. The molecule has 100 valence electrons. The molecule has 2 rings (SSSR count). The van der Waals surface area contributed by atoms with E-state index in [0.29, 0.717) is 5.56 Å². The molecule has 19 heavy (non-hydrogen) atoms. The van der Waals surface area contributed by atoms with Gasteiger partial charge in [0.05, 0.1) is 5.56 Å². The lowest BCUT2D eigenvalue weighted by Crippen LogP contribution is -2.00. The molecule has 0 aliphatic carbocycles. The van der Waals surface area contributed by atoms with E-state index in [1.54, 1.807) is 0 Å². The minimum Gasteiger partial charge on any atom is -0.298 e. The molecule has 0 spiro atoms. The van der Waals surface area contributed by atoms with Crippen molar-refractivity contribution in [2.24, 2.45) is 0 Å². The van der Waals surface area contributed by atoms with Crippen molar-refractivity contribution in [1.29, 1.82) is 0 Å². The Morgan fingerprint density at radius 1 is 1.26 bits per heavy atom. The molecule has 0 aliphatic heterocycles. The van der Waals surface area contributed by atoms with Gasteiger partial charge in [-0.05, 0) is 25.8 Å². The molecule has 0 unspecified atom stereocenters. The Bertz CT molecular complexity index is 553. The average molecular weight is 256 g/mol. The zero-order valence-corrected chi connectivity index (χ0v) is 11.8. The van der Waals surface area contributed by atoms with Gasteiger partial charge in [0.2, 0.25) is 0 Å². The summed E-state index contributed by atoms with van der Waals surface area (Å²) in [4.78, 5) is 11.2. The lowest BCUT2D eigenvalue weighted by Gasteiger charge is -2.04. The van der Waals surface area contributed by atoms with E-state index in [4.69, 9.17) is 0 Å². The van der Waals surface area contributed by atoms with Crippen LogP contribution in [0.3, 0.4) is 0 Å². The van der Waals surface area contributed by atoms with Crippen molar-refractivity contribution in [3.63, 3.8) is 0 Å². The van der Waals surface area contributed by atoms with E-state index in [1.807, 2.05) is 23.0 Å². The number of aldehydes is 1. The third-order valence-corrected chi connectivity index (χ3v) is 3.18. The van der Waals surface area contributed by atoms with Gasteiger partial charge in [-0.25, -0.2) is 0 Å². The fraction of sp³-hybridized carbons (Fsp3) is 0.375. The van der Waals surface area contributed by atoms with Crippen molar-refractivity contribution in [2.75, 3.05) is 0 Å². The zero-order valence-electron chi connectivity index (χ0n) is 11.8. The number of benzene rings is 1. The van der Waals surface area contributed by atoms with E-state index in [9.17, 15) is 4.79 Å². The van der Waals surface area contributed by atoms with Gasteiger partial charge in [0, 0.05) is 17.8 Å². The minimum absolute atomic E-state index is 0.256. The number of hydrogen-bond acceptors (Lipinski definition) is 2. The molecule has 0 N–H and O–H groups in total. The minimum atomic E-state index is 0.256. The number of carbonyl (C=O) groups is 1. The van der Waals surface area contributed by atoms with Crippen LogP contribution in [0.5, 0.6) is 0 Å². The highest BCUT2D eigenvalue weighted by atomic mass is 16.1. The molecule has 3 nitrogen and oxygen atoms in total. The molecular weight excluding hydrogens is 236 g/mol. The molecule has 0 aliphatic rings. The molecule has 0 radical (unpaired) electrons. The van der Waals surface area contributed by atoms with Gasteiger partial charge in [-0.3, -0.25) is 9.48 Å². The summed E-state index contributed by atoms with van der Waals surface area (Å²) >= 11 is 0. The summed E-state index contributed by atoms with van der Waals surface area (Å²) in [5, 5.41) is 4.51. The van der Waals surface area contributed by atoms with Crippen molar-refractivity contribution < 1.29 is 4.79 Å². The maximum absolute atomic E-state index is 11.2. The highest BCUT2D eigenvalue weighted by molar-refractivity contribution is 5.85. The van der Waals surface area contributed by atoms with Crippen LogP contribution < -0.4 is 0 Å². The second-order valence-corrected chi connectivity index (χ2v) is 5.07.